The van der Waals surface area contributed by atoms with Gasteiger partial charge in [-0.3, -0.25) is 4.68 Å². The number of phenolic OH excluding ortho intramolecular Hbond substituents is 1. The first-order chi connectivity index (χ1) is 10.3. The van der Waals surface area contributed by atoms with Gasteiger partial charge in [-0.25, -0.2) is 4.79 Å². The fourth-order valence-corrected chi connectivity index (χ4v) is 1.91. The van der Waals surface area contributed by atoms with E-state index in [1.807, 2.05) is 0 Å². The standard InChI is InChI=1S/C14H13F3N2O3/c1-22-13(21)10-7-18-19(8-10)5-4-9-6-11(14(15,16)17)2-3-12(9)20/h2-3,6-8,20H,4-5H2,1H3. The Morgan fingerprint density at radius 1 is 1.41 bits per heavy atom. The highest BCUT2D eigenvalue weighted by molar-refractivity contribution is 5.88. The minimum Gasteiger partial charge on any atom is -0.508 e. The van der Waals surface area contributed by atoms with Gasteiger partial charge in [-0.05, 0) is 30.2 Å². The highest BCUT2D eigenvalue weighted by Crippen LogP contribution is 2.32. The quantitative estimate of drug-likeness (QED) is 0.881. The maximum atomic E-state index is 12.6. The fraction of sp³-hybridized carbons (Fsp3) is 0.286. The van der Waals surface area contributed by atoms with Crippen molar-refractivity contribution in [3.8, 4) is 5.75 Å². The van der Waals surface area contributed by atoms with Gasteiger partial charge in [0.1, 0.15) is 5.75 Å². The van der Waals surface area contributed by atoms with Crippen molar-refractivity contribution in [2.75, 3.05) is 7.11 Å². The van der Waals surface area contributed by atoms with Crippen LogP contribution in [0.2, 0.25) is 0 Å². The van der Waals surface area contributed by atoms with E-state index in [9.17, 15) is 23.1 Å². The molecule has 1 aromatic carbocycles. The molecule has 22 heavy (non-hydrogen) atoms. The number of phenols is 1. The number of aromatic hydroxyl groups is 1. The molecule has 0 spiro atoms. The molecular formula is C14H13F3N2O3. The Kier molecular flexibility index (Phi) is 4.39. The van der Waals surface area contributed by atoms with Gasteiger partial charge < -0.3 is 9.84 Å². The number of carbonyl (C=O) groups is 1. The Morgan fingerprint density at radius 3 is 2.77 bits per heavy atom. The molecule has 8 heteroatoms. The molecule has 0 amide bonds. The Balaban J connectivity index is 2.11. The molecule has 5 nitrogen and oxygen atoms in total. The molecule has 0 aliphatic carbocycles. The summed E-state index contributed by atoms with van der Waals surface area (Å²) in [6, 6.07) is 2.74. The van der Waals surface area contributed by atoms with Crippen LogP contribution in [0.5, 0.6) is 5.75 Å². The second kappa shape index (κ2) is 6.08. The summed E-state index contributed by atoms with van der Waals surface area (Å²) in [5, 5.41) is 13.6. The number of ether oxygens (including phenoxy) is 1. The van der Waals surface area contributed by atoms with Gasteiger partial charge in [0.15, 0.2) is 0 Å². The van der Waals surface area contributed by atoms with Crippen LogP contribution in [-0.2, 0) is 23.9 Å². The summed E-state index contributed by atoms with van der Waals surface area (Å²) in [7, 11) is 1.24. The molecule has 2 aromatic rings. The van der Waals surface area contributed by atoms with Crippen LogP contribution in [0.15, 0.2) is 30.6 Å². The summed E-state index contributed by atoms with van der Waals surface area (Å²) in [5.41, 5.74) is -0.420. The summed E-state index contributed by atoms with van der Waals surface area (Å²) < 4.78 is 43.9. The van der Waals surface area contributed by atoms with E-state index in [1.54, 1.807) is 0 Å². The van der Waals surface area contributed by atoms with Gasteiger partial charge in [0.05, 0.1) is 24.4 Å². The zero-order valence-corrected chi connectivity index (χ0v) is 11.6. The average molecular weight is 314 g/mol. The summed E-state index contributed by atoms with van der Waals surface area (Å²) >= 11 is 0. The predicted octanol–water partition coefficient (Wildman–Crippen LogP) is 2.64. The van der Waals surface area contributed by atoms with Gasteiger partial charge in [0.2, 0.25) is 0 Å². The topological polar surface area (TPSA) is 64.3 Å². The smallest absolute Gasteiger partial charge is 0.416 e. The first-order valence-corrected chi connectivity index (χ1v) is 6.31. The van der Waals surface area contributed by atoms with Gasteiger partial charge in [-0.2, -0.15) is 18.3 Å². The third-order valence-electron chi connectivity index (χ3n) is 3.07. The number of hydrogen-bond donors (Lipinski definition) is 1. The van der Waals surface area contributed by atoms with Gasteiger partial charge in [0.25, 0.3) is 0 Å². The normalized spacial score (nSPS) is 11.5. The Morgan fingerprint density at radius 2 is 2.14 bits per heavy atom. The summed E-state index contributed by atoms with van der Waals surface area (Å²) in [6.45, 7) is 0.214. The zero-order chi connectivity index (χ0) is 16.3. The second-order valence-corrected chi connectivity index (χ2v) is 4.57. The minimum absolute atomic E-state index is 0.137. The van der Waals surface area contributed by atoms with Crippen LogP contribution in [-0.4, -0.2) is 28.0 Å². The number of aryl methyl sites for hydroxylation is 2. The predicted molar refractivity (Wildman–Crippen MR) is 70.4 cm³/mol. The summed E-state index contributed by atoms with van der Waals surface area (Å²) in [5.74, 6) is -0.762. The lowest BCUT2D eigenvalue weighted by Gasteiger charge is -2.10. The summed E-state index contributed by atoms with van der Waals surface area (Å²) in [4.78, 5) is 11.3. The molecule has 2 rings (SSSR count). The molecule has 0 atom stereocenters. The van der Waals surface area contributed by atoms with Crippen molar-refractivity contribution in [2.24, 2.45) is 0 Å². The molecule has 1 N–H and O–H groups in total. The van der Waals surface area contributed by atoms with Crippen LogP contribution in [0.3, 0.4) is 0 Å². The van der Waals surface area contributed by atoms with E-state index in [0.29, 0.717) is 0 Å². The highest BCUT2D eigenvalue weighted by Gasteiger charge is 2.30. The number of benzene rings is 1. The Bertz CT molecular complexity index is 680. The Labute approximate surface area is 123 Å². The molecule has 0 saturated carbocycles. The molecule has 0 unspecified atom stereocenters. The maximum absolute atomic E-state index is 12.6. The van der Waals surface area contributed by atoms with Gasteiger partial charge in [0, 0.05) is 12.7 Å². The molecule has 118 valence electrons. The highest BCUT2D eigenvalue weighted by atomic mass is 19.4. The first-order valence-electron chi connectivity index (χ1n) is 6.31. The van der Waals surface area contributed by atoms with E-state index in [4.69, 9.17) is 0 Å². The number of rotatable bonds is 4. The van der Waals surface area contributed by atoms with E-state index in [0.717, 1.165) is 18.2 Å². The lowest BCUT2D eigenvalue weighted by Crippen LogP contribution is -2.07. The Hall–Kier alpha value is -2.51. The van der Waals surface area contributed by atoms with Crippen LogP contribution in [0.4, 0.5) is 13.2 Å². The van der Waals surface area contributed by atoms with E-state index in [2.05, 4.69) is 9.84 Å². The molecule has 1 aromatic heterocycles. The van der Waals surface area contributed by atoms with E-state index in [-0.39, 0.29) is 29.8 Å². The molecule has 1 heterocycles. The number of alkyl halides is 3. The molecule has 0 aliphatic rings. The number of carbonyl (C=O) groups excluding carboxylic acids is 1. The number of halogens is 3. The van der Waals surface area contributed by atoms with Gasteiger partial charge in [-0.1, -0.05) is 0 Å². The van der Waals surface area contributed by atoms with Crippen LogP contribution in [0.25, 0.3) is 0 Å². The van der Waals surface area contributed by atoms with Crippen LogP contribution >= 0.6 is 0 Å². The van der Waals surface area contributed by atoms with Crippen LogP contribution in [0.1, 0.15) is 21.5 Å². The van der Waals surface area contributed by atoms with Gasteiger partial charge in [-0.15, -0.1) is 0 Å². The largest absolute Gasteiger partial charge is 0.508 e. The summed E-state index contributed by atoms with van der Waals surface area (Å²) in [6.07, 6.45) is -1.60. The molecule has 0 saturated heterocycles. The number of nitrogens with zero attached hydrogens (tertiary/aromatic N) is 2. The van der Waals surface area contributed by atoms with Crippen molar-refractivity contribution in [3.05, 3.63) is 47.3 Å². The minimum atomic E-state index is -4.47. The maximum Gasteiger partial charge on any atom is 0.416 e. The number of methoxy groups -OCH3 is 1. The van der Waals surface area contributed by atoms with E-state index >= 15 is 0 Å². The van der Waals surface area contributed by atoms with Gasteiger partial charge >= 0.3 is 12.1 Å². The van der Waals surface area contributed by atoms with E-state index in [1.165, 1.54) is 24.2 Å². The van der Waals surface area contributed by atoms with Crippen molar-refractivity contribution >= 4 is 5.97 Å². The molecule has 0 aliphatic heterocycles. The number of hydrogen-bond acceptors (Lipinski definition) is 4. The third kappa shape index (κ3) is 3.57. The van der Waals surface area contributed by atoms with Crippen molar-refractivity contribution in [2.45, 2.75) is 19.1 Å². The number of aromatic nitrogens is 2. The first kappa shape index (κ1) is 15.9. The molecule has 0 fully saturated rings. The lowest BCUT2D eigenvalue weighted by molar-refractivity contribution is -0.137. The van der Waals surface area contributed by atoms with Crippen molar-refractivity contribution in [1.29, 1.82) is 0 Å². The lowest BCUT2D eigenvalue weighted by atomic mass is 10.1. The van der Waals surface area contributed by atoms with Crippen molar-refractivity contribution in [1.82, 2.24) is 9.78 Å². The third-order valence-corrected chi connectivity index (χ3v) is 3.07. The fourth-order valence-electron chi connectivity index (χ4n) is 1.91. The van der Waals surface area contributed by atoms with Crippen molar-refractivity contribution in [3.63, 3.8) is 0 Å². The zero-order valence-electron chi connectivity index (χ0n) is 11.6. The molecular weight excluding hydrogens is 301 g/mol. The van der Waals surface area contributed by atoms with Crippen LogP contribution in [0, 0.1) is 0 Å². The SMILES string of the molecule is COC(=O)c1cnn(CCc2cc(C(F)(F)F)ccc2O)c1. The van der Waals surface area contributed by atoms with E-state index < -0.39 is 17.7 Å². The average Bonchev–Trinajstić information content (AvgIpc) is 2.93. The number of esters is 1. The van der Waals surface area contributed by atoms with Crippen molar-refractivity contribution < 1.29 is 27.8 Å². The monoisotopic (exact) mass is 314 g/mol. The van der Waals surface area contributed by atoms with Crippen LogP contribution < -0.4 is 0 Å². The second-order valence-electron chi connectivity index (χ2n) is 4.57. The molecule has 0 radical (unpaired) electrons. The molecule has 0 bridgehead atoms.